The van der Waals surface area contributed by atoms with E-state index in [1.54, 1.807) is 6.20 Å². The molecule has 1 aliphatic carbocycles. The number of nitrogens with zero attached hydrogens (tertiary/aromatic N) is 4. The zero-order valence-corrected chi connectivity index (χ0v) is 12.8. The molecule has 0 saturated heterocycles. The Bertz CT molecular complexity index is 564. The monoisotopic (exact) mass is 370 g/mol. The fourth-order valence-electron chi connectivity index (χ4n) is 1.88. The molecule has 0 aliphatic heterocycles. The van der Waals surface area contributed by atoms with Gasteiger partial charge in [0.1, 0.15) is 11.5 Å². The number of hydrogen-bond donors (Lipinski definition) is 2. The van der Waals surface area contributed by atoms with Crippen LogP contribution in [0.3, 0.4) is 0 Å². The summed E-state index contributed by atoms with van der Waals surface area (Å²) >= 11 is 2.34. The van der Waals surface area contributed by atoms with Crippen molar-refractivity contribution >= 4 is 28.4 Å². The minimum absolute atomic E-state index is 0.586. The quantitative estimate of drug-likeness (QED) is 0.791. The second kappa shape index (κ2) is 5.40. The van der Waals surface area contributed by atoms with Gasteiger partial charge < -0.3 is 5.32 Å². The molecule has 7 heteroatoms. The Kier molecular flexibility index (Phi) is 3.63. The molecule has 0 radical (unpaired) electrons. The summed E-state index contributed by atoms with van der Waals surface area (Å²) in [6, 6.07) is 0. The van der Waals surface area contributed by atoms with Crippen molar-refractivity contribution in [2.45, 2.75) is 32.1 Å². The molecule has 2 aromatic rings. The zero-order chi connectivity index (χ0) is 13.2. The molecular weight excluding hydrogens is 355 g/mol. The van der Waals surface area contributed by atoms with Crippen LogP contribution >= 0.6 is 22.6 Å². The maximum absolute atomic E-state index is 4.66. The molecule has 2 aromatic heterocycles. The Morgan fingerprint density at radius 2 is 2.26 bits per heavy atom. The van der Waals surface area contributed by atoms with E-state index in [-0.39, 0.29) is 0 Å². The second-order valence-corrected chi connectivity index (χ2v) is 5.73. The minimum atomic E-state index is 0.586. The molecule has 19 heavy (non-hydrogen) atoms. The van der Waals surface area contributed by atoms with Gasteiger partial charge in [-0.2, -0.15) is 15.4 Å². The van der Waals surface area contributed by atoms with Crippen LogP contribution in [0.2, 0.25) is 0 Å². The highest BCUT2D eigenvalue weighted by Crippen LogP contribution is 2.42. The first-order valence-electron chi connectivity index (χ1n) is 6.47. The van der Waals surface area contributed by atoms with Gasteiger partial charge in [0.25, 0.3) is 0 Å². The van der Waals surface area contributed by atoms with Gasteiger partial charge in [0.05, 0.1) is 15.5 Å². The summed E-state index contributed by atoms with van der Waals surface area (Å²) in [5, 5.41) is 13.9. The molecule has 0 atom stereocenters. The van der Waals surface area contributed by atoms with Gasteiger partial charge in [0.2, 0.25) is 0 Å². The van der Waals surface area contributed by atoms with E-state index in [9.17, 15) is 0 Å². The minimum Gasteiger partial charge on any atom is -0.369 e. The smallest absolute Gasteiger partial charge is 0.184 e. The van der Waals surface area contributed by atoms with E-state index in [0.29, 0.717) is 17.4 Å². The van der Waals surface area contributed by atoms with Gasteiger partial charge in [-0.25, -0.2) is 9.97 Å². The Morgan fingerprint density at radius 1 is 1.42 bits per heavy atom. The third-order valence-corrected chi connectivity index (χ3v) is 4.09. The van der Waals surface area contributed by atoms with Crippen LogP contribution in [0.5, 0.6) is 0 Å². The number of rotatable bonds is 5. The van der Waals surface area contributed by atoms with Crippen molar-refractivity contribution in [3.05, 3.63) is 15.5 Å². The van der Waals surface area contributed by atoms with E-state index in [2.05, 4.69) is 60.2 Å². The average molecular weight is 370 g/mol. The van der Waals surface area contributed by atoms with Crippen LogP contribution < -0.4 is 5.32 Å². The van der Waals surface area contributed by atoms with E-state index >= 15 is 0 Å². The Hall–Kier alpha value is -1.25. The lowest BCUT2D eigenvalue weighted by molar-refractivity contribution is 0.922. The van der Waals surface area contributed by atoms with Crippen LogP contribution in [-0.2, 0) is 0 Å². The number of nitrogens with one attached hydrogen (secondary N) is 2. The summed E-state index contributed by atoms with van der Waals surface area (Å²) in [6.45, 7) is 3.05. The molecule has 1 saturated carbocycles. The molecule has 0 bridgehead atoms. The van der Waals surface area contributed by atoms with Crippen molar-refractivity contribution in [2.24, 2.45) is 0 Å². The Morgan fingerprint density at radius 3 is 2.89 bits per heavy atom. The number of anilines is 1. The van der Waals surface area contributed by atoms with Crippen LogP contribution in [0.1, 0.15) is 37.8 Å². The van der Waals surface area contributed by atoms with Crippen molar-refractivity contribution in [3.63, 3.8) is 0 Å². The highest BCUT2D eigenvalue weighted by Gasteiger charge is 2.29. The molecule has 2 N–H and O–H groups in total. The van der Waals surface area contributed by atoms with E-state index in [1.165, 1.54) is 12.8 Å². The molecule has 2 heterocycles. The normalized spacial score (nSPS) is 14.6. The fourth-order valence-corrected chi connectivity index (χ4v) is 2.75. The Balaban J connectivity index is 2.02. The van der Waals surface area contributed by atoms with Crippen molar-refractivity contribution in [3.8, 4) is 11.5 Å². The summed E-state index contributed by atoms with van der Waals surface area (Å²) < 4.78 is 1.14. The van der Waals surface area contributed by atoms with Gasteiger partial charge in [0, 0.05) is 12.5 Å². The van der Waals surface area contributed by atoms with Gasteiger partial charge in [-0.1, -0.05) is 6.92 Å². The fraction of sp³-hybridized carbons (Fsp3) is 0.500. The first-order valence-corrected chi connectivity index (χ1v) is 7.55. The molecule has 1 aliphatic rings. The first kappa shape index (κ1) is 12.8. The van der Waals surface area contributed by atoms with Crippen molar-refractivity contribution in [1.82, 2.24) is 25.4 Å². The Labute approximate surface area is 125 Å². The third kappa shape index (κ3) is 2.70. The van der Waals surface area contributed by atoms with E-state index in [1.807, 2.05) is 0 Å². The van der Waals surface area contributed by atoms with Crippen LogP contribution in [0.15, 0.2) is 6.20 Å². The maximum Gasteiger partial charge on any atom is 0.184 e. The summed E-state index contributed by atoms with van der Waals surface area (Å²) in [6.07, 6.45) is 5.16. The van der Waals surface area contributed by atoms with Gasteiger partial charge >= 0.3 is 0 Å². The summed E-state index contributed by atoms with van der Waals surface area (Å²) in [7, 11) is 0. The first-order chi connectivity index (χ1) is 9.29. The molecule has 100 valence electrons. The molecule has 0 amide bonds. The average Bonchev–Trinajstić information content (AvgIpc) is 3.11. The maximum atomic E-state index is 4.66. The highest BCUT2D eigenvalue weighted by molar-refractivity contribution is 14.1. The highest BCUT2D eigenvalue weighted by atomic mass is 127. The van der Waals surface area contributed by atoms with E-state index in [0.717, 1.165) is 28.0 Å². The van der Waals surface area contributed by atoms with Gasteiger partial charge in [0.15, 0.2) is 5.82 Å². The van der Waals surface area contributed by atoms with Crippen LogP contribution in [0.4, 0.5) is 5.82 Å². The van der Waals surface area contributed by atoms with Crippen LogP contribution in [0, 0.1) is 3.57 Å². The number of aromatic nitrogens is 5. The molecule has 6 nitrogen and oxygen atoms in total. The molecule has 1 fully saturated rings. The van der Waals surface area contributed by atoms with E-state index < -0.39 is 0 Å². The second-order valence-electron chi connectivity index (χ2n) is 4.65. The molecule has 3 rings (SSSR count). The van der Waals surface area contributed by atoms with Crippen LogP contribution in [0.25, 0.3) is 11.5 Å². The standard InChI is InChI=1S/C12H15IN6/c1-2-5-14-12-9(13)10(7-3-4-7)16-11(17-12)8-6-15-19-18-8/h6-7H,2-5H2,1H3,(H,14,16,17)(H,15,18,19). The largest absolute Gasteiger partial charge is 0.369 e. The molecule has 0 aromatic carbocycles. The van der Waals surface area contributed by atoms with Crippen LogP contribution in [-0.4, -0.2) is 31.9 Å². The third-order valence-electron chi connectivity index (χ3n) is 3.03. The number of hydrogen-bond acceptors (Lipinski definition) is 5. The molecule has 0 unspecified atom stereocenters. The number of aromatic amines is 1. The summed E-state index contributed by atoms with van der Waals surface area (Å²) in [5.41, 5.74) is 1.84. The molecular formula is C12H15IN6. The summed E-state index contributed by atoms with van der Waals surface area (Å²) in [5.74, 6) is 2.15. The lowest BCUT2D eigenvalue weighted by atomic mass is 10.2. The number of H-pyrrole nitrogens is 1. The van der Waals surface area contributed by atoms with Gasteiger partial charge in [-0.15, -0.1) is 0 Å². The lowest BCUT2D eigenvalue weighted by Gasteiger charge is -2.11. The predicted molar refractivity (Wildman–Crippen MR) is 80.9 cm³/mol. The van der Waals surface area contributed by atoms with Gasteiger partial charge in [-0.3, -0.25) is 0 Å². The molecule has 0 spiro atoms. The van der Waals surface area contributed by atoms with Crippen molar-refractivity contribution in [2.75, 3.05) is 11.9 Å². The van der Waals surface area contributed by atoms with Crippen molar-refractivity contribution in [1.29, 1.82) is 0 Å². The summed E-state index contributed by atoms with van der Waals surface area (Å²) in [4.78, 5) is 9.24. The predicted octanol–water partition coefficient (Wildman–Crippen LogP) is 2.57. The van der Waals surface area contributed by atoms with E-state index in [4.69, 9.17) is 0 Å². The zero-order valence-electron chi connectivity index (χ0n) is 10.6. The topological polar surface area (TPSA) is 79.4 Å². The van der Waals surface area contributed by atoms with Gasteiger partial charge in [-0.05, 0) is 41.9 Å². The SMILES string of the molecule is CCCNc1nc(-c2cn[nH]n2)nc(C2CC2)c1I. The number of halogens is 1. The lowest BCUT2D eigenvalue weighted by Crippen LogP contribution is -2.09. The van der Waals surface area contributed by atoms with Crippen molar-refractivity contribution < 1.29 is 0 Å².